The average molecular weight is 402 g/mol. The van der Waals surface area contributed by atoms with E-state index in [4.69, 9.17) is 0 Å². The van der Waals surface area contributed by atoms with Crippen LogP contribution in [-0.4, -0.2) is 6.03 Å². The van der Waals surface area contributed by atoms with Crippen LogP contribution in [0.2, 0.25) is 0 Å². The van der Waals surface area contributed by atoms with E-state index in [2.05, 4.69) is 102 Å². The number of rotatable bonds is 2. The number of urea groups is 1. The molecule has 1 aliphatic heterocycles. The lowest BCUT2D eigenvalue weighted by Gasteiger charge is -2.27. The predicted molar refractivity (Wildman–Crippen MR) is 127 cm³/mol. The highest BCUT2D eigenvalue weighted by Gasteiger charge is 2.33. The molecule has 0 radical (unpaired) electrons. The Hall–Kier alpha value is -3.85. The number of nitrogens with one attached hydrogen (secondary N) is 2. The summed E-state index contributed by atoms with van der Waals surface area (Å²) < 4.78 is 0. The number of fused-ring (bicyclic) bond motifs is 2. The van der Waals surface area contributed by atoms with Crippen molar-refractivity contribution in [3.05, 3.63) is 113 Å². The van der Waals surface area contributed by atoms with E-state index in [1.54, 1.807) is 0 Å². The van der Waals surface area contributed by atoms with Crippen LogP contribution < -0.4 is 10.6 Å². The maximum absolute atomic E-state index is 12.5. The zero-order valence-corrected chi connectivity index (χ0v) is 17.1. The Morgan fingerprint density at radius 1 is 0.742 bits per heavy atom. The van der Waals surface area contributed by atoms with Crippen molar-refractivity contribution in [3.8, 4) is 0 Å². The third kappa shape index (κ3) is 3.19. The number of carbonyl (C=O) groups excluding carboxylic acids is 1. The molecule has 2 amide bonds. The number of hydrogen-bond acceptors (Lipinski definition) is 1. The lowest BCUT2D eigenvalue weighted by atomic mass is 9.94. The number of carbonyl (C=O) groups is 1. The highest BCUT2D eigenvalue weighted by molar-refractivity contribution is 5.87. The minimum atomic E-state index is -0.136. The standard InChI is InChI=1S/C28H22N2O/c31-28-29-26-23(16-18-9-10-19-5-1-3-7-21(19)15-18)13-14-25(26)27(30-28)24-12-11-20-6-2-4-8-22(20)17-24/h1-12,15-17,27H,13-14H2,(H2,29,30,31)/b23-16+. The molecule has 0 saturated carbocycles. The van der Waals surface area contributed by atoms with Gasteiger partial charge in [-0.15, -0.1) is 0 Å². The van der Waals surface area contributed by atoms with Crippen LogP contribution in [0, 0.1) is 0 Å². The van der Waals surface area contributed by atoms with Crippen LogP contribution in [0.3, 0.4) is 0 Å². The Kier molecular flexibility index (Phi) is 4.13. The van der Waals surface area contributed by atoms with Gasteiger partial charge in [0.2, 0.25) is 0 Å². The summed E-state index contributed by atoms with van der Waals surface area (Å²) in [4.78, 5) is 12.5. The molecule has 1 heterocycles. The summed E-state index contributed by atoms with van der Waals surface area (Å²) in [6.45, 7) is 0. The molecule has 1 unspecified atom stereocenters. The van der Waals surface area contributed by atoms with Crippen LogP contribution in [0.4, 0.5) is 4.79 Å². The zero-order chi connectivity index (χ0) is 20.8. The van der Waals surface area contributed by atoms with Crippen molar-refractivity contribution in [1.29, 1.82) is 0 Å². The first-order chi connectivity index (χ1) is 15.2. The quantitative estimate of drug-likeness (QED) is 0.396. The first kappa shape index (κ1) is 18.0. The van der Waals surface area contributed by atoms with Gasteiger partial charge in [-0.25, -0.2) is 4.79 Å². The van der Waals surface area contributed by atoms with E-state index < -0.39 is 0 Å². The summed E-state index contributed by atoms with van der Waals surface area (Å²) >= 11 is 0. The summed E-state index contributed by atoms with van der Waals surface area (Å²) in [6.07, 6.45) is 4.10. The monoisotopic (exact) mass is 402 g/mol. The van der Waals surface area contributed by atoms with Crippen LogP contribution in [0.15, 0.2) is 102 Å². The van der Waals surface area contributed by atoms with E-state index in [1.807, 2.05) is 0 Å². The van der Waals surface area contributed by atoms with Crippen molar-refractivity contribution in [2.75, 3.05) is 0 Å². The molecule has 2 aliphatic rings. The smallest absolute Gasteiger partial charge is 0.319 e. The predicted octanol–water partition coefficient (Wildman–Crippen LogP) is 6.48. The average Bonchev–Trinajstić information content (AvgIpc) is 3.20. The first-order valence-corrected chi connectivity index (χ1v) is 10.7. The third-order valence-electron chi connectivity index (χ3n) is 6.39. The van der Waals surface area contributed by atoms with Crippen molar-refractivity contribution < 1.29 is 4.79 Å². The van der Waals surface area contributed by atoms with E-state index in [0.29, 0.717) is 0 Å². The molecule has 0 fully saturated rings. The normalized spacial score (nSPS) is 19.5. The molecule has 31 heavy (non-hydrogen) atoms. The van der Waals surface area contributed by atoms with Gasteiger partial charge in [0.15, 0.2) is 0 Å². The Labute approximate surface area is 181 Å². The van der Waals surface area contributed by atoms with Gasteiger partial charge in [-0.2, -0.15) is 0 Å². The lowest BCUT2D eigenvalue weighted by Crippen LogP contribution is -2.43. The summed E-state index contributed by atoms with van der Waals surface area (Å²) in [5.41, 5.74) is 5.76. The third-order valence-corrected chi connectivity index (χ3v) is 6.39. The molecule has 3 heteroatoms. The van der Waals surface area contributed by atoms with Gasteiger partial charge in [-0.1, -0.05) is 72.8 Å². The largest absolute Gasteiger partial charge is 0.327 e. The van der Waals surface area contributed by atoms with Crippen LogP contribution in [-0.2, 0) is 0 Å². The maximum Gasteiger partial charge on any atom is 0.319 e. The van der Waals surface area contributed by atoms with Gasteiger partial charge >= 0.3 is 6.03 Å². The molecule has 150 valence electrons. The Bertz CT molecular complexity index is 1410. The molecular formula is C28H22N2O. The first-order valence-electron chi connectivity index (χ1n) is 10.7. The van der Waals surface area contributed by atoms with E-state index in [9.17, 15) is 4.79 Å². The van der Waals surface area contributed by atoms with E-state index in [0.717, 1.165) is 29.7 Å². The van der Waals surface area contributed by atoms with Crippen LogP contribution >= 0.6 is 0 Å². The van der Waals surface area contributed by atoms with Crippen molar-refractivity contribution in [3.63, 3.8) is 0 Å². The van der Waals surface area contributed by atoms with Crippen LogP contribution in [0.1, 0.15) is 30.0 Å². The topological polar surface area (TPSA) is 41.1 Å². The van der Waals surface area contributed by atoms with Crippen molar-refractivity contribution in [1.82, 2.24) is 10.6 Å². The van der Waals surface area contributed by atoms with Crippen molar-refractivity contribution in [2.24, 2.45) is 0 Å². The summed E-state index contributed by atoms with van der Waals surface area (Å²) in [7, 11) is 0. The van der Waals surface area contributed by atoms with Gasteiger partial charge in [0.1, 0.15) is 0 Å². The van der Waals surface area contributed by atoms with Gasteiger partial charge in [0.05, 0.1) is 6.04 Å². The molecule has 1 aliphatic carbocycles. The molecule has 4 aromatic carbocycles. The fourth-order valence-corrected chi connectivity index (χ4v) is 4.86. The van der Waals surface area contributed by atoms with Gasteiger partial charge in [-0.05, 0) is 74.9 Å². The molecule has 0 saturated heterocycles. The summed E-state index contributed by atoms with van der Waals surface area (Å²) in [5, 5.41) is 11.1. The minimum Gasteiger partial charge on any atom is -0.327 e. The van der Waals surface area contributed by atoms with Crippen LogP contribution in [0.5, 0.6) is 0 Å². The second-order valence-corrected chi connectivity index (χ2v) is 8.31. The van der Waals surface area contributed by atoms with E-state index >= 15 is 0 Å². The molecule has 0 spiro atoms. The Morgan fingerprint density at radius 2 is 1.42 bits per heavy atom. The highest BCUT2D eigenvalue weighted by atomic mass is 16.2. The second-order valence-electron chi connectivity index (χ2n) is 8.31. The van der Waals surface area contributed by atoms with E-state index in [-0.39, 0.29) is 12.1 Å². The number of allylic oxidation sites excluding steroid dienone is 1. The van der Waals surface area contributed by atoms with Gasteiger partial charge in [0.25, 0.3) is 0 Å². The molecule has 0 aromatic heterocycles. The van der Waals surface area contributed by atoms with Crippen molar-refractivity contribution in [2.45, 2.75) is 18.9 Å². The lowest BCUT2D eigenvalue weighted by molar-refractivity contribution is 0.239. The fraction of sp³-hybridized carbons (Fsp3) is 0.107. The number of hydrogen-bond donors (Lipinski definition) is 2. The highest BCUT2D eigenvalue weighted by Crippen LogP contribution is 2.41. The Balaban J connectivity index is 1.40. The molecule has 2 N–H and O–H groups in total. The number of amides is 2. The van der Waals surface area contributed by atoms with Gasteiger partial charge in [0, 0.05) is 5.70 Å². The maximum atomic E-state index is 12.5. The molecule has 1 atom stereocenters. The Morgan fingerprint density at radius 3 is 2.19 bits per heavy atom. The SMILES string of the molecule is O=C1NC2=C(CC/C2=C\c2ccc3ccccc3c2)C(c2ccc3ccccc3c2)N1. The number of benzene rings is 4. The molecular weight excluding hydrogens is 380 g/mol. The van der Waals surface area contributed by atoms with Crippen LogP contribution in [0.25, 0.3) is 27.6 Å². The van der Waals surface area contributed by atoms with Gasteiger partial charge < -0.3 is 10.6 Å². The fourth-order valence-electron chi connectivity index (χ4n) is 4.86. The molecule has 3 nitrogen and oxygen atoms in total. The second kappa shape index (κ2) is 7.13. The molecule has 6 rings (SSSR count). The van der Waals surface area contributed by atoms with Gasteiger partial charge in [-0.3, -0.25) is 0 Å². The molecule has 4 aromatic rings. The minimum absolute atomic E-state index is 0.0872. The summed E-state index contributed by atoms with van der Waals surface area (Å²) in [5.74, 6) is 0. The van der Waals surface area contributed by atoms with E-state index in [1.165, 1.54) is 32.7 Å². The zero-order valence-electron chi connectivity index (χ0n) is 17.1. The molecule has 0 bridgehead atoms. The summed E-state index contributed by atoms with van der Waals surface area (Å²) in [6, 6.07) is 29.5. The van der Waals surface area contributed by atoms with Crippen molar-refractivity contribution >= 4 is 33.7 Å².